The normalized spacial score (nSPS) is 14.3. The lowest BCUT2D eigenvalue weighted by molar-refractivity contribution is -0.150. The van der Waals surface area contributed by atoms with Gasteiger partial charge in [0.25, 0.3) is 5.91 Å². The van der Waals surface area contributed by atoms with Gasteiger partial charge in [-0.1, -0.05) is 36.4 Å². The Labute approximate surface area is 162 Å². The fourth-order valence-electron chi connectivity index (χ4n) is 2.69. The quantitative estimate of drug-likeness (QED) is 0.612. The molecule has 0 spiro atoms. The fourth-order valence-corrected chi connectivity index (χ4v) is 2.69. The zero-order valence-electron chi connectivity index (χ0n) is 15.5. The maximum Gasteiger partial charge on any atom is 0.348 e. The molecular formula is C21H20N2O5. The van der Waals surface area contributed by atoms with Crippen LogP contribution in [0.4, 0.5) is 11.4 Å². The minimum Gasteiger partial charge on any atom is -0.470 e. The number of amides is 1. The SMILES string of the molecule is C[C@@H](OC(=O)C1=C(Nc2ccccc2)OCC1=O)C(=O)N(C)c1ccccc1. The molecule has 0 aromatic heterocycles. The number of benzene rings is 2. The van der Waals surface area contributed by atoms with Crippen LogP contribution in [-0.4, -0.2) is 37.4 Å². The maximum absolute atomic E-state index is 12.5. The van der Waals surface area contributed by atoms with Crippen molar-refractivity contribution < 1.29 is 23.9 Å². The molecule has 0 radical (unpaired) electrons. The highest BCUT2D eigenvalue weighted by atomic mass is 16.6. The van der Waals surface area contributed by atoms with E-state index in [0.717, 1.165) is 0 Å². The fraction of sp³-hybridized carbons (Fsp3) is 0.190. The Hall–Kier alpha value is -3.61. The summed E-state index contributed by atoms with van der Waals surface area (Å²) >= 11 is 0. The van der Waals surface area contributed by atoms with Crippen LogP contribution in [0.2, 0.25) is 0 Å². The minimum atomic E-state index is -1.07. The number of hydrogen-bond donors (Lipinski definition) is 1. The summed E-state index contributed by atoms with van der Waals surface area (Å²) in [5, 5.41) is 2.89. The number of carbonyl (C=O) groups is 3. The van der Waals surface area contributed by atoms with Gasteiger partial charge in [0.05, 0.1) is 0 Å². The average molecular weight is 380 g/mol. The van der Waals surface area contributed by atoms with E-state index >= 15 is 0 Å². The molecule has 28 heavy (non-hydrogen) atoms. The number of nitrogens with one attached hydrogen (secondary N) is 1. The molecule has 0 bridgehead atoms. The number of Topliss-reactive ketones (excluding diaryl/α,β-unsaturated/α-hetero) is 1. The molecule has 1 heterocycles. The van der Waals surface area contributed by atoms with E-state index < -0.39 is 23.8 Å². The van der Waals surface area contributed by atoms with Crippen LogP contribution in [-0.2, 0) is 23.9 Å². The predicted octanol–water partition coefficient (Wildman–Crippen LogP) is 2.50. The molecule has 1 aliphatic rings. The van der Waals surface area contributed by atoms with Crippen LogP contribution in [0.3, 0.4) is 0 Å². The van der Waals surface area contributed by atoms with Gasteiger partial charge in [-0.2, -0.15) is 0 Å². The molecule has 144 valence electrons. The van der Waals surface area contributed by atoms with Crippen molar-refractivity contribution in [1.29, 1.82) is 0 Å². The molecule has 0 fully saturated rings. The van der Waals surface area contributed by atoms with E-state index in [1.807, 2.05) is 12.1 Å². The number of carbonyl (C=O) groups excluding carboxylic acids is 3. The van der Waals surface area contributed by atoms with Crippen molar-refractivity contribution in [3.05, 3.63) is 72.1 Å². The lowest BCUT2D eigenvalue weighted by Crippen LogP contribution is -2.38. The second kappa shape index (κ2) is 8.39. The summed E-state index contributed by atoms with van der Waals surface area (Å²) in [6.45, 7) is 1.21. The molecule has 1 aliphatic heterocycles. The number of esters is 1. The maximum atomic E-state index is 12.5. The van der Waals surface area contributed by atoms with Crippen LogP contribution >= 0.6 is 0 Å². The van der Waals surface area contributed by atoms with E-state index in [1.54, 1.807) is 55.6 Å². The van der Waals surface area contributed by atoms with Gasteiger partial charge in [0.1, 0.15) is 0 Å². The largest absolute Gasteiger partial charge is 0.470 e. The first kappa shape index (κ1) is 19.2. The third-order valence-corrected chi connectivity index (χ3v) is 4.19. The van der Waals surface area contributed by atoms with Crippen molar-refractivity contribution in [2.24, 2.45) is 0 Å². The van der Waals surface area contributed by atoms with Crippen LogP contribution < -0.4 is 10.2 Å². The third kappa shape index (κ3) is 4.20. The van der Waals surface area contributed by atoms with Gasteiger partial charge in [0.2, 0.25) is 11.7 Å². The molecule has 1 amide bonds. The van der Waals surface area contributed by atoms with Crippen LogP contribution in [0.5, 0.6) is 0 Å². The second-order valence-corrected chi connectivity index (χ2v) is 6.19. The molecular weight excluding hydrogens is 360 g/mol. The van der Waals surface area contributed by atoms with Gasteiger partial charge in [-0.05, 0) is 31.2 Å². The van der Waals surface area contributed by atoms with Crippen molar-refractivity contribution in [1.82, 2.24) is 0 Å². The summed E-state index contributed by atoms with van der Waals surface area (Å²) in [7, 11) is 1.59. The van der Waals surface area contributed by atoms with Gasteiger partial charge in [0, 0.05) is 18.4 Å². The number of hydrogen-bond acceptors (Lipinski definition) is 6. The van der Waals surface area contributed by atoms with Gasteiger partial charge in [-0.15, -0.1) is 0 Å². The van der Waals surface area contributed by atoms with Crippen LogP contribution in [0.1, 0.15) is 6.92 Å². The first-order valence-electron chi connectivity index (χ1n) is 8.73. The summed E-state index contributed by atoms with van der Waals surface area (Å²) in [5.74, 6) is -1.79. The van der Waals surface area contributed by atoms with Crippen molar-refractivity contribution >= 4 is 29.0 Å². The van der Waals surface area contributed by atoms with E-state index in [9.17, 15) is 14.4 Å². The zero-order valence-corrected chi connectivity index (χ0v) is 15.5. The van der Waals surface area contributed by atoms with Crippen LogP contribution in [0.25, 0.3) is 0 Å². The monoisotopic (exact) mass is 380 g/mol. The van der Waals surface area contributed by atoms with E-state index in [4.69, 9.17) is 9.47 Å². The number of anilines is 2. The average Bonchev–Trinajstić information content (AvgIpc) is 3.08. The van der Waals surface area contributed by atoms with Gasteiger partial charge >= 0.3 is 5.97 Å². The summed E-state index contributed by atoms with van der Waals surface area (Å²) in [4.78, 5) is 38.6. The lowest BCUT2D eigenvalue weighted by Gasteiger charge is -2.21. The summed E-state index contributed by atoms with van der Waals surface area (Å²) in [5.41, 5.74) is 1.10. The Morgan fingerprint density at radius 1 is 1.07 bits per heavy atom. The van der Waals surface area contributed by atoms with Crippen molar-refractivity contribution in [3.8, 4) is 0 Å². The molecule has 2 aromatic rings. The van der Waals surface area contributed by atoms with Gasteiger partial charge in [-0.25, -0.2) is 4.79 Å². The zero-order chi connectivity index (χ0) is 20.1. The minimum absolute atomic E-state index is 0.0252. The summed E-state index contributed by atoms with van der Waals surface area (Å²) < 4.78 is 10.5. The van der Waals surface area contributed by atoms with E-state index in [2.05, 4.69) is 5.32 Å². The van der Waals surface area contributed by atoms with Crippen molar-refractivity contribution in [3.63, 3.8) is 0 Å². The first-order valence-corrected chi connectivity index (χ1v) is 8.73. The topological polar surface area (TPSA) is 84.9 Å². The molecule has 7 heteroatoms. The molecule has 1 atom stereocenters. The van der Waals surface area contributed by atoms with E-state index in [1.165, 1.54) is 11.8 Å². The number of ether oxygens (including phenoxy) is 2. The van der Waals surface area contributed by atoms with Crippen molar-refractivity contribution in [2.45, 2.75) is 13.0 Å². The summed E-state index contributed by atoms with van der Waals surface area (Å²) in [6, 6.07) is 18.0. The molecule has 7 nitrogen and oxygen atoms in total. The highest BCUT2D eigenvalue weighted by molar-refractivity contribution is 6.20. The van der Waals surface area contributed by atoms with Crippen LogP contribution in [0.15, 0.2) is 72.1 Å². The van der Waals surface area contributed by atoms with Crippen LogP contribution in [0, 0.1) is 0 Å². The number of rotatable bonds is 6. The lowest BCUT2D eigenvalue weighted by atomic mass is 10.2. The molecule has 0 saturated heterocycles. The second-order valence-electron chi connectivity index (χ2n) is 6.19. The van der Waals surface area contributed by atoms with Gasteiger partial charge in [0.15, 0.2) is 18.3 Å². The molecule has 0 unspecified atom stereocenters. The summed E-state index contributed by atoms with van der Waals surface area (Å²) in [6.07, 6.45) is -1.07. The third-order valence-electron chi connectivity index (χ3n) is 4.19. The number of nitrogens with zero attached hydrogens (tertiary/aromatic N) is 1. The standard InChI is InChI=1S/C21H20N2O5/c1-14(20(25)23(2)16-11-7-4-8-12-16)28-21(26)18-17(24)13-27-19(18)22-15-9-5-3-6-10-15/h3-12,14,22H,13H2,1-2H3/t14-/m1/s1. The number of para-hydroxylation sites is 2. The van der Waals surface area contributed by atoms with E-state index in [-0.39, 0.29) is 18.1 Å². The molecule has 0 aliphatic carbocycles. The highest BCUT2D eigenvalue weighted by Crippen LogP contribution is 2.21. The molecule has 0 saturated carbocycles. The smallest absolute Gasteiger partial charge is 0.348 e. The molecule has 3 rings (SSSR count). The Morgan fingerprint density at radius 2 is 1.68 bits per heavy atom. The Morgan fingerprint density at radius 3 is 2.32 bits per heavy atom. The van der Waals surface area contributed by atoms with Gasteiger partial charge in [-0.3, -0.25) is 9.59 Å². The van der Waals surface area contributed by atoms with E-state index in [0.29, 0.717) is 11.4 Å². The van der Waals surface area contributed by atoms with Crippen molar-refractivity contribution in [2.75, 3.05) is 23.9 Å². The molecule has 2 aromatic carbocycles. The van der Waals surface area contributed by atoms with Gasteiger partial charge < -0.3 is 19.7 Å². The number of likely N-dealkylation sites (N-methyl/N-ethyl adjacent to an activating group) is 1. The Balaban J connectivity index is 1.72. The first-order chi connectivity index (χ1) is 13.5. The highest BCUT2D eigenvalue weighted by Gasteiger charge is 2.34. The molecule has 1 N–H and O–H groups in total. The Kier molecular flexibility index (Phi) is 5.74. The predicted molar refractivity (Wildman–Crippen MR) is 103 cm³/mol. The Bertz CT molecular complexity index is 909. The number of ketones is 1.